The van der Waals surface area contributed by atoms with Gasteiger partial charge < -0.3 is 14.7 Å². The van der Waals surface area contributed by atoms with Gasteiger partial charge in [0, 0.05) is 0 Å². The van der Waals surface area contributed by atoms with Gasteiger partial charge in [-0.2, -0.15) is 4.31 Å². The standard InChI is InChI=1S/C20H36O7P2/c1-15(11-14-26-29(24,25)27-28(21,22)23)7-9-17-16(2)8-10-18-19(3,4)12-6-13-20(17,18)5/h11,17-18H,2,6-10,12-14H2,1,3-5H3,(H,24,25)(H2,21,22,23)/b15-11+/t17-,18?,20-/m1/s1. The fourth-order valence-electron chi connectivity index (χ4n) is 5.71. The number of hydrogen-bond donors (Lipinski definition) is 3. The SMILES string of the molecule is C=C1CCC2C(C)(C)CCC[C@]2(C)[C@@H]1CC/C(C)=C/COP(=O)(O)OP(=O)(O)O. The molecule has 4 atom stereocenters. The van der Waals surface area contributed by atoms with Crippen LogP contribution in [0.25, 0.3) is 0 Å². The second kappa shape index (κ2) is 9.08. The predicted octanol–water partition coefficient (Wildman–Crippen LogP) is 5.74. The number of allylic oxidation sites excluding steroid dienone is 2. The van der Waals surface area contributed by atoms with Crippen LogP contribution in [0.3, 0.4) is 0 Å². The molecule has 29 heavy (non-hydrogen) atoms. The van der Waals surface area contributed by atoms with Crippen LogP contribution in [0.5, 0.6) is 0 Å². The average Bonchev–Trinajstić information content (AvgIpc) is 2.50. The molecular weight excluding hydrogens is 414 g/mol. The van der Waals surface area contributed by atoms with Crippen molar-refractivity contribution in [1.29, 1.82) is 0 Å². The summed E-state index contributed by atoms with van der Waals surface area (Å²) in [7, 11) is -9.88. The number of fused-ring (bicyclic) bond motifs is 1. The van der Waals surface area contributed by atoms with Gasteiger partial charge in [-0.1, -0.05) is 51.0 Å². The normalized spacial score (nSPS) is 32.5. The number of rotatable bonds is 8. The van der Waals surface area contributed by atoms with Gasteiger partial charge in [-0.15, -0.1) is 0 Å². The molecule has 2 saturated carbocycles. The fraction of sp³-hybridized carbons (Fsp3) is 0.800. The van der Waals surface area contributed by atoms with Gasteiger partial charge in [-0.05, 0) is 68.1 Å². The molecule has 0 aromatic heterocycles. The summed E-state index contributed by atoms with van der Waals surface area (Å²) in [6.45, 7) is 13.3. The Balaban J connectivity index is 1.97. The van der Waals surface area contributed by atoms with Crippen molar-refractivity contribution < 1.29 is 32.6 Å². The third-order valence-electron chi connectivity index (χ3n) is 7.03. The van der Waals surface area contributed by atoms with E-state index in [0.29, 0.717) is 17.3 Å². The molecule has 2 aliphatic rings. The Kier molecular flexibility index (Phi) is 7.83. The van der Waals surface area contributed by atoms with Gasteiger partial charge in [0.25, 0.3) is 0 Å². The van der Waals surface area contributed by atoms with E-state index < -0.39 is 15.6 Å². The fourth-order valence-corrected chi connectivity index (χ4v) is 7.24. The molecule has 0 aliphatic heterocycles. The lowest BCUT2D eigenvalue weighted by molar-refractivity contribution is -0.0539. The summed E-state index contributed by atoms with van der Waals surface area (Å²) in [5.41, 5.74) is 2.94. The summed E-state index contributed by atoms with van der Waals surface area (Å²) in [5, 5.41) is 0. The maximum absolute atomic E-state index is 11.5. The Labute approximate surface area is 174 Å². The molecule has 9 heteroatoms. The monoisotopic (exact) mass is 450 g/mol. The van der Waals surface area contributed by atoms with Crippen molar-refractivity contribution in [3.63, 3.8) is 0 Å². The summed E-state index contributed by atoms with van der Waals surface area (Å²) in [6.07, 6.45) is 9.48. The smallest absolute Gasteiger partial charge is 0.302 e. The first kappa shape index (κ1) is 25.0. The van der Waals surface area contributed by atoms with Crippen LogP contribution in [0.4, 0.5) is 0 Å². The number of phosphoric acid groups is 2. The highest BCUT2D eigenvalue weighted by Crippen LogP contribution is 2.62. The van der Waals surface area contributed by atoms with Crippen LogP contribution < -0.4 is 0 Å². The Morgan fingerprint density at radius 1 is 1.24 bits per heavy atom. The maximum Gasteiger partial charge on any atom is 0.481 e. The molecule has 168 valence electrons. The van der Waals surface area contributed by atoms with Crippen molar-refractivity contribution in [3.8, 4) is 0 Å². The van der Waals surface area contributed by atoms with Crippen LogP contribution in [-0.4, -0.2) is 21.3 Å². The third kappa shape index (κ3) is 6.61. The van der Waals surface area contributed by atoms with Crippen LogP contribution in [0.15, 0.2) is 23.8 Å². The van der Waals surface area contributed by atoms with E-state index in [9.17, 15) is 14.0 Å². The van der Waals surface area contributed by atoms with Crippen LogP contribution >= 0.6 is 15.6 Å². The molecule has 0 spiro atoms. The minimum absolute atomic E-state index is 0.252. The first-order valence-corrected chi connectivity index (χ1v) is 13.3. The highest BCUT2D eigenvalue weighted by molar-refractivity contribution is 7.60. The van der Waals surface area contributed by atoms with Crippen LogP contribution in [0, 0.1) is 22.7 Å². The molecule has 0 aromatic rings. The molecule has 0 amide bonds. The van der Waals surface area contributed by atoms with E-state index >= 15 is 0 Å². The second-order valence-corrected chi connectivity index (χ2v) is 12.4. The largest absolute Gasteiger partial charge is 0.481 e. The molecule has 0 heterocycles. The molecule has 2 fully saturated rings. The second-order valence-electron chi connectivity index (χ2n) is 9.58. The van der Waals surface area contributed by atoms with E-state index in [-0.39, 0.29) is 12.0 Å². The predicted molar refractivity (Wildman–Crippen MR) is 113 cm³/mol. The highest BCUT2D eigenvalue weighted by atomic mass is 31.3. The first-order chi connectivity index (χ1) is 13.2. The lowest BCUT2D eigenvalue weighted by Gasteiger charge is -2.58. The molecule has 2 rings (SSSR count). The van der Waals surface area contributed by atoms with E-state index in [1.54, 1.807) is 6.08 Å². The van der Waals surface area contributed by atoms with Gasteiger partial charge in [0.05, 0.1) is 6.61 Å². The summed E-state index contributed by atoms with van der Waals surface area (Å²) in [6, 6.07) is 0. The Hall–Kier alpha value is -0.260. The van der Waals surface area contributed by atoms with Gasteiger partial charge in [-0.3, -0.25) is 4.52 Å². The molecule has 0 saturated heterocycles. The molecule has 0 aromatic carbocycles. The van der Waals surface area contributed by atoms with E-state index in [1.807, 2.05) is 6.92 Å². The van der Waals surface area contributed by atoms with Crippen LogP contribution in [0.2, 0.25) is 0 Å². The van der Waals surface area contributed by atoms with Gasteiger partial charge in [0.1, 0.15) is 0 Å². The Morgan fingerprint density at radius 2 is 1.90 bits per heavy atom. The van der Waals surface area contributed by atoms with E-state index in [0.717, 1.165) is 24.8 Å². The van der Waals surface area contributed by atoms with Crippen molar-refractivity contribution in [3.05, 3.63) is 23.8 Å². The van der Waals surface area contributed by atoms with Gasteiger partial charge >= 0.3 is 15.6 Å². The summed E-state index contributed by atoms with van der Waals surface area (Å²) in [4.78, 5) is 26.6. The van der Waals surface area contributed by atoms with E-state index in [2.05, 4.69) is 36.2 Å². The van der Waals surface area contributed by atoms with Crippen molar-refractivity contribution in [2.45, 2.75) is 72.6 Å². The lowest BCUT2D eigenvalue weighted by atomic mass is 9.47. The molecular formula is C20H36O7P2. The van der Waals surface area contributed by atoms with Crippen LogP contribution in [-0.2, 0) is 18.0 Å². The van der Waals surface area contributed by atoms with Crippen molar-refractivity contribution in [1.82, 2.24) is 0 Å². The summed E-state index contributed by atoms with van der Waals surface area (Å²) >= 11 is 0. The zero-order chi connectivity index (χ0) is 22.1. The minimum Gasteiger partial charge on any atom is -0.302 e. The van der Waals surface area contributed by atoms with Crippen molar-refractivity contribution >= 4 is 15.6 Å². The quantitative estimate of drug-likeness (QED) is 0.319. The molecule has 3 N–H and O–H groups in total. The van der Waals surface area contributed by atoms with Gasteiger partial charge in [-0.25, -0.2) is 9.13 Å². The average molecular weight is 450 g/mol. The van der Waals surface area contributed by atoms with Crippen molar-refractivity contribution in [2.24, 2.45) is 22.7 Å². The van der Waals surface area contributed by atoms with Gasteiger partial charge in [0.15, 0.2) is 0 Å². The summed E-state index contributed by atoms with van der Waals surface area (Å²) in [5.74, 6) is 1.14. The van der Waals surface area contributed by atoms with Gasteiger partial charge in [0.2, 0.25) is 0 Å². The number of hydrogen-bond acceptors (Lipinski definition) is 4. The van der Waals surface area contributed by atoms with E-state index in [1.165, 1.54) is 31.3 Å². The van der Waals surface area contributed by atoms with Crippen molar-refractivity contribution in [2.75, 3.05) is 6.61 Å². The lowest BCUT2D eigenvalue weighted by Crippen LogP contribution is -2.49. The maximum atomic E-state index is 11.5. The zero-order valence-corrected chi connectivity index (χ0v) is 19.8. The molecule has 2 unspecified atom stereocenters. The molecule has 7 nitrogen and oxygen atoms in total. The molecule has 0 radical (unpaired) electrons. The number of phosphoric ester groups is 1. The molecule has 0 bridgehead atoms. The Bertz CT molecular complexity index is 739. The first-order valence-electron chi connectivity index (χ1n) is 10.2. The topological polar surface area (TPSA) is 113 Å². The molecule has 2 aliphatic carbocycles. The highest BCUT2D eigenvalue weighted by Gasteiger charge is 2.52. The van der Waals surface area contributed by atoms with Crippen LogP contribution in [0.1, 0.15) is 72.6 Å². The third-order valence-corrected chi connectivity index (χ3v) is 9.18. The minimum atomic E-state index is -5.09. The summed E-state index contributed by atoms with van der Waals surface area (Å²) < 4.78 is 30.6. The zero-order valence-electron chi connectivity index (χ0n) is 18.0. The van der Waals surface area contributed by atoms with E-state index in [4.69, 9.17) is 9.79 Å². The Morgan fingerprint density at radius 3 is 2.52 bits per heavy atom.